The van der Waals surface area contributed by atoms with Gasteiger partial charge in [0.2, 0.25) is 0 Å². The van der Waals surface area contributed by atoms with Crippen LogP contribution in [0.15, 0.2) is 18.3 Å². The van der Waals surface area contributed by atoms with Crippen molar-refractivity contribution in [1.29, 1.82) is 5.26 Å². The van der Waals surface area contributed by atoms with Crippen LogP contribution in [0.2, 0.25) is 5.02 Å². The molecule has 2 rings (SSSR count). The summed E-state index contributed by atoms with van der Waals surface area (Å²) < 4.78 is 0. The molecule has 4 nitrogen and oxygen atoms in total. The molecule has 5 heteroatoms. The fourth-order valence-corrected chi connectivity index (χ4v) is 2.75. The van der Waals surface area contributed by atoms with E-state index in [1.807, 2.05) is 0 Å². The van der Waals surface area contributed by atoms with Gasteiger partial charge in [0, 0.05) is 6.20 Å². The molecule has 0 unspecified atom stereocenters. The molecule has 0 spiro atoms. The summed E-state index contributed by atoms with van der Waals surface area (Å²) in [4.78, 5) is 16.2. The number of nitriles is 1. The minimum absolute atomic E-state index is 0.293. The van der Waals surface area contributed by atoms with Crippen LogP contribution in [0.3, 0.4) is 0 Å². The number of halogens is 1. The summed E-state index contributed by atoms with van der Waals surface area (Å²) >= 11 is 5.75. The van der Waals surface area contributed by atoms with Crippen molar-refractivity contribution in [3.05, 3.63) is 29.0 Å². The molecule has 1 heterocycles. The van der Waals surface area contributed by atoms with Crippen LogP contribution < -0.4 is 5.32 Å². The summed E-state index contributed by atoms with van der Waals surface area (Å²) in [6, 6.07) is 5.48. The standard InChI is InChI=1S/C15H18ClN3O/c1-2-11-5-7-15(10-17,8-6-11)19-14(20)13-4-3-12(16)9-18-13/h3-4,9,11H,2,5-8H2,1H3,(H,19,20). The van der Waals surface area contributed by atoms with Crippen LogP contribution in [-0.2, 0) is 0 Å². The Bertz CT molecular complexity index is 513. The van der Waals surface area contributed by atoms with E-state index in [-0.39, 0.29) is 5.91 Å². The Morgan fingerprint density at radius 3 is 2.75 bits per heavy atom. The lowest BCUT2D eigenvalue weighted by atomic mass is 9.76. The maximum atomic E-state index is 12.2. The van der Waals surface area contributed by atoms with Crippen LogP contribution in [0.4, 0.5) is 0 Å². The largest absolute Gasteiger partial charge is 0.332 e. The average Bonchev–Trinajstić information content (AvgIpc) is 2.48. The van der Waals surface area contributed by atoms with E-state index in [9.17, 15) is 10.1 Å². The number of aromatic nitrogens is 1. The van der Waals surface area contributed by atoms with Gasteiger partial charge in [-0.05, 0) is 43.7 Å². The Labute approximate surface area is 124 Å². The second-order valence-corrected chi connectivity index (χ2v) is 5.80. The summed E-state index contributed by atoms with van der Waals surface area (Å²) in [6.07, 6.45) is 5.96. The zero-order valence-corrected chi connectivity index (χ0v) is 12.3. The number of amides is 1. The van der Waals surface area contributed by atoms with Crippen molar-refractivity contribution in [2.24, 2.45) is 5.92 Å². The molecule has 0 aliphatic heterocycles. The van der Waals surface area contributed by atoms with Gasteiger partial charge in [-0.3, -0.25) is 4.79 Å². The molecule has 1 saturated carbocycles. The lowest BCUT2D eigenvalue weighted by Crippen LogP contribution is -2.49. The highest BCUT2D eigenvalue weighted by atomic mass is 35.5. The molecule has 20 heavy (non-hydrogen) atoms. The highest BCUT2D eigenvalue weighted by Gasteiger charge is 2.36. The van der Waals surface area contributed by atoms with Crippen molar-refractivity contribution in [2.45, 2.75) is 44.6 Å². The zero-order valence-electron chi connectivity index (χ0n) is 11.5. The van der Waals surface area contributed by atoms with Gasteiger partial charge in [-0.15, -0.1) is 0 Å². The minimum atomic E-state index is -0.746. The van der Waals surface area contributed by atoms with E-state index in [4.69, 9.17) is 11.6 Å². The van der Waals surface area contributed by atoms with Crippen LogP contribution in [0.1, 0.15) is 49.5 Å². The lowest BCUT2D eigenvalue weighted by molar-refractivity contribution is 0.0886. The number of hydrogen-bond acceptors (Lipinski definition) is 3. The quantitative estimate of drug-likeness (QED) is 0.929. The van der Waals surface area contributed by atoms with E-state index in [1.54, 1.807) is 12.1 Å². The Hall–Kier alpha value is -1.60. The van der Waals surface area contributed by atoms with E-state index in [1.165, 1.54) is 6.20 Å². The zero-order chi connectivity index (χ0) is 14.6. The first-order chi connectivity index (χ1) is 9.58. The van der Waals surface area contributed by atoms with Gasteiger partial charge in [0.05, 0.1) is 11.1 Å². The predicted molar refractivity (Wildman–Crippen MR) is 77.3 cm³/mol. The van der Waals surface area contributed by atoms with Gasteiger partial charge < -0.3 is 5.32 Å². The van der Waals surface area contributed by atoms with Gasteiger partial charge in [0.1, 0.15) is 11.2 Å². The Kier molecular flexibility index (Phi) is 4.61. The molecule has 1 amide bonds. The van der Waals surface area contributed by atoms with Crippen molar-refractivity contribution >= 4 is 17.5 Å². The maximum Gasteiger partial charge on any atom is 0.271 e. The second-order valence-electron chi connectivity index (χ2n) is 5.36. The molecule has 1 aliphatic rings. The predicted octanol–water partition coefficient (Wildman–Crippen LogP) is 3.33. The summed E-state index contributed by atoms with van der Waals surface area (Å²) in [5, 5.41) is 12.8. The first-order valence-corrected chi connectivity index (χ1v) is 7.31. The third kappa shape index (κ3) is 3.29. The number of hydrogen-bond donors (Lipinski definition) is 1. The van der Waals surface area contributed by atoms with Gasteiger partial charge in [-0.1, -0.05) is 24.9 Å². The van der Waals surface area contributed by atoms with Crippen LogP contribution in [0.5, 0.6) is 0 Å². The summed E-state index contributed by atoms with van der Waals surface area (Å²) in [6.45, 7) is 2.17. The summed E-state index contributed by atoms with van der Waals surface area (Å²) in [7, 11) is 0. The fourth-order valence-electron chi connectivity index (χ4n) is 2.63. The van der Waals surface area contributed by atoms with Crippen molar-refractivity contribution in [3.8, 4) is 6.07 Å². The fraction of sp³-hybridized carbons (Fsp3) is 0.533. The number of rotatable bonds is 3. The molecule has 1 fully saturated rings. The molecule has 1 aromatic heterocycles. The van der Waals surface area contributed by atoms with Crippen molar-refractivity contribution in [1.82, 2.24) is 10.3 Å². The number of nitrogens with zero attached hydrogens (tertiary/aromatic N) is 2. The Morgan fingerprint density at radius 2 is 2.25 bits per heavy atom. The number of carbonyl (C=O) groups is 1. The van der Waals surface area contributed by atoms with Crippen LogP contribution in [0.25, 0.3) is 0 Å². The SMILES string of the molecule is CCC1CCC(C#N)(NC(=O)c2ccc(Cl)cn2)CC1. The van der Waals surface area contributed by atoms with Gasteiger partial charge >= 0.3 is 0 Å². The van der Waals surface area contributed by atoms with Crippen molar-refractivity contribution in [3.63, 3.8) is 0 Å². The van der Waals surface area contributed by atoms with E-state index < -0.39 is 5.54 Å². The van der Waals surface area contributed by atoms with Crippen LogP contribution in [-0.4, -0.2) is 16.4 Å². The van der Waals surface area contributed by atoms with Crippen LogP contribution in [0, 0.1) is 17.2 Å². The van der Waals surface area contributed by atoms with Crippen molar-refractivity contribution in [2.75, 3.05) is 0 Å². The van der Waals surface area contributed by atoms with Gasteiger partial charge in [0.25, 0.3) is 5.91 Å². The third-order valence-corrected chi connectivity index (χ3v) is 4.29. The molecule has 0 radical (unpaired) electrons. The summed E-state index contributed by atoms with van der Waals surface area (Å²) in [5.74, 6) is 0.361. The van der Waals surface area contributed by atoms with Gasteiger partial charge in [-0.2, -0.15) is 5.26 Å². The second kappa shape index (κ2) is 6.23. The average molecular weight is 292 g/mol. The smallest absolute Gasteiger partial charge is 0.271 e. The molecule has 0 bridgehead atoms. The van der Waals surface area contributed by atoms with Crippen molar-refractivity contribution < 1.29 is 4.79 Å². The molecule has 0 aromatic carbocycles. The van der Waals surface area contributed by atoms with E-state index >= 15 is 0 Å². The van der Waals surface area contributed by atoms with Crippen LogP contribution >= 0.6 is 11.6 Å². The molecule has 0 saturated heterocycles. The minimum Gasteiger partial charge on any atom is -0.332 e. The molecular weight excluding hydrogens is 274 g/mol. The lowest BCUT2D eigenvalue weighted by Gasteiger charge is -2.35. The molecule has 106 valence electrons. The highest BCUT2D eigenvalue weighted by molar-refractivity contribution is 6.30. The Morgan fingerprint density at radius 1 is 1.55 bits per heavy atom. The van der Waals surface area contributed by atoms with Gasteiger partial charge in [-0.25, -0.2) is 4.98 Å². The normalized spacial score (nSPS) is 25.8. The van der Waals surface area contributed by atoms with E-state index in [0.717, 1.165) is 19.3 Å². The third-order valence-electron chi connectivity index (χ3n) is 4.06. The molecule has 0 atom stereocenters. The molecular formula is C15H18ClN3O. The monoisotopic (exact) mass is 291 g/mol. The molecule has 1 N–H and O–H groups in total. The number of nitrogens with one attached hydrogen (secondary N) is 1. The topological polar surface area (TPSA) is 65.8 Å². The van der Waals surface area contributed by atoms with Gasteiger partial charge in [0.15, 0.2) is 0 Å². The highest BCUT2D eigenvalue weighted by Crippen LogP contribution is 2.33. The number of carbonyl (C=O) groups excluding carboxylic acids is 1. The molecule has 1 aromatic rings. The maximum absolute atomic E-state index is 12.2. The summed E-state index contributed by atoms with van der Waals surface area (Å²) in [5.41, 5.74) is -0.453. The molecule has 1 aliphatic carbocycles. The first-order valence-electron chi connectivity index (χ1n) is 6.94. The number of pyridine rings is 1. The van der Waals surface area contributed by atoms with E-state index in [0.29, 0.717) is 29.5 Å². The Balaban J connectivity index is 2.05. The van der Waals surface area contributed by atoms with E-state index in [2.05, 4.69) is 23.3 Å². The first kappa shape index (κ1) is 14.8.